The van der Waals surface area contributed by atoms with Gasteiger partial charge in [0.25, 0.3) is 0 Å². The summed E-state index contributed by atoms with van der Waals surface area (Å²) in [5, 5.41) is 13.4. The van der Waals surface area contributed by atoms with Crippen LogP contribution < -0.4 is 0 Å². The first-order chi connectivity index (χ1) is 5.47. The zero-order valence-electron chi connectivity index (χ0n) is 5.65. The van der Waals surface area contributed by atoms with E-state index in [9.17, 15) is 0 Å². The molecule has 0 amide bonds. The molecule has 4 nitrogen and oxygen atoms in total. The molecule has 0 aliphatic heterocycles. The Kier molecular flexibility index (Phi) is 1.37. The Morgan fingerprint density at radius 2 is 2.36 bits per heavy atom. The number of hydrogen-bond acceptors (Lipinski definition) is 3. The van der Waals surface area contributed by atoms with Gasteiger partial charge in [0.2, 0.25) is 5.82 Å². The van der Waals surface area contributed by atoms with Gasteiger partial charge in [-0.1, -0.05) is 24.3 Å². The first kappa shape index (κ1) is 6.03. The summed E-state index contributed by atoms with van der Waals surface area (Å²) in [6.07, 6.45) is 0. The molecule has 0 spiro atoms. The van der Waals surface area contributed by atoms with E-state index in [4.69, 9.17) is 0 Å². The summed E-state index contributed by atoms with van der Waals surface area (Å²) in [5.41, 5.74) is 0.848. The zero-order valence-corrected chi connectivity index (χ0v) is 5.65. The van der Waals surface area contributed by atoms with Gasteiger partial charge in [0.05, 0.1) is 0 Å². The number of benzene rings is 1. The Morgan fingerprint density at radius 3 is 3.00 bits per heavy atom. The highest BCUT2D eigenvalue weighted by atomic mass is 15.5. The summed E-state index contributed by atoms with van der Waals surface area (Å²) in [6.45, 7) is 0. The minimum Gasteiger partial charge on any atom is -0.177 e. The third-order valence-electron chi connectivity index (χ3n) is 1.30. The number of aromatic amines is 1. The van der Waals surface area contributed by atoms with Crippen LogP contribution >= 0.6 is 0 Å². The number of nitrogens with zero attached hydrogens (tertiary/aromatic N) is 3. The lowest BCUT2D eigenvalue weighted by Gasteiger charge is -1.88. The Hall–Kier alpha value is -1.71. The van der Waals surface area contributed by atoms with Crippen molar-refractivity contribution in [2.24, 2.45) is 0 Å². The molecular weight excluding hydrogens is 140 g/mol. The molecule has 2 rings (SSSR count). The molecule has 0 aliphatic rings. The fourth-order valence-electron chi connectivity index (χ4n) is 0.808. The van der Waals surface area contributed by atoms with E-state index < -0.39 is 0 Å². The monoisotopic (exact) mass is 145 g/mol. The summed E-state index contributed by atoms with van der Waals surface area (Å²) in [4.78, 5) is 0. The molecular formula is C7H5N4. The SMILES string of the molecule is [c]1ccccc1-c1nn[nH]n1. The van der Waals surface area contributed by atoms with Gasteiger partial charge in [0.15, 0.2) is 0 Å². The predicted molar refractivity (Wildman–Crippen MR) is 38.4 cm³/mol. The van der Waals surface area contributed by atoms with Crippen LogP contribution in [0.1, 0.15) is 0 Å². The van der Waals surface area contributed by atoms with Crippen molar-refractivity contribution in [1.29, 1.82) is 0 Å². The van der Waals surface area contributed by atoms with E-state index in [1.807, 2.05) is 24.3 Å². The highest BCUT2D eigenvalue weighted by Crippen LogP contribution is 2.09. The number of tetrazole rings is 1. The average Bonchev–Trinajstić information content (AvgIpc) is 2.58. The van der Waals surface area contributed by atoms with Crippen LogP contribution in [0.2, 0.25) is 0 Å². The van der Waals surface area contributed by atoms with Crippen molar-refractivity contribution in [1.82, 2.24) is 20.6 Å². The molecule has 1 aromatic heterocycles. The van der Waals surface area contributed by atoms with Crippen LogP contribution in [0, 0.1) is 6.07 Å². The smallest absolute Gasteiger partial charge is 0.177 e. The van der Waals surface area contributed by atoms with Crippen molar-refractivity contribution in [3.63, 3.8) is 0 Å². The molecule has 1 radical (unpaired) electrons. The third-order valence-corrected chi connectivity index (χ3v) is 1.30. The van der Waals surface area contributed by atoms with Crippen molar-refractivity contribution < 1.29 is 0 Å². The molecule has 53 valence electrons. The molecule has 0 atom stereocenters. The fraction of sp³-hybridized carbons (Fsp3) is 0. The van der Waals surface area contributed by atoms with Crippen molar-refractivity contribution >= 4 is 0 Å². The Bertz CT molecular complexity index is 313. The van der Waals surface area contributed by atoms with E-state index in [1.54, 1.807) is 0 Å². The molecule has 0 unspecified atom stereocenters. The van der Waals surface area contributed by atoms with Crippen LogP contribution in [0.3, 0.4) is 0 Å². The molecule has 1 aromatic carbocycles. The lowest BCUT2D eigenvalue weighted by molar-refractivity contribution is 0.881. The van der Waals surface area contributed by atoms with Gasteiger partial charge in [0, 0.05) is 5.56 Å². The van der Waals surface area contributed by atoms with Gasteiger partial charge in [-0.2, -0.15) is 5.21 Å². The fourth-order valence-corrected chi connectivity index (χ4v) is 0.808. The molecule has 0 saturated heterocycles. The molecule has 0 aliphatic carbocycles. The molecule has 0 saturated carbocycles. The van der Waals surface area contributed by atoms with Gasteiger partial charge in [-0.05, 0) is 11.3 Å². The van der Waals surface area contributed by atoms with Crippen LogP contribution in [0.5, 0.6) is 0 Å². The van der Waals surface area contributed by atoms with Gasteiger partial charge in [0.1, 0.15) is 0 Å². The van der Waals surface area contributed by atoms with E-state index >= 15 is 0 Å². The minimum absolute atomic E-state index is 0.575. The van der Waals surface area contributed by atoms with E-state index in [0.29, 0.717) is 5.82 Å². The highest BCUT2D eigenvalue weighted by Gasteiger charge is 1.99. The van der Waals surface area contributed by atoms with Gasteiger partial charge >= 0.3 is 0 Å². The topological polar surface area (TPSA) is 54.5 Å². The van der Waals surface area contributed by atoms with E-state index in [0.717, 1.165) is 5.56 Å². The summed E-state index contributed by atoms with van der Waals surface area (Å²) in [5.74, 6) is 0.575. The summed E-state index contributed by atoms with van der Waals surface area (Å²) >= 11 is 0. The lowest BCUT2D eigenvalue weighted by Crippen LogP contribution is -1.79. The van der Waals surface area contributed by atoms with Gasteiger partial charge in [-0.25, -0.2) is 0 Å². The molecule has 1 heterocycles. The minimum atomic E-state index is 0.575. The Labute approximate surface area is 63.3 Å². The standard InChI is InChI=1S/C7H5N4/c1-2-4-6(5-3-1)7-8-10-11-9-7/h1-4H,(H,8,9,10,11). The Morgan fingerprint density at radius 1 is 1.36 bits per heavy atom. The maximum atomic E-state index is 3.81. The van der Waals surface area contributed by atoms with Crippen molar-refractivity contribution in [2.45, 2.75) is 0 Å². The molecule has 11 heavy (non-hydrogen) atoms. The second-order valence-corrected chi connectivity index (χ2v) is 2.01. The largest absolute Gasteiger partial charge is 0.205 e. The van der Waals surface area contributed by atoms with E-state index in [2.05, 4.69) is 26.7 Å². The maximum Gasteiger partial charge on any atom is 0.205 e. The summed E-state index contributed by atoms with van der Waals surface area (Å²) < 4.78 is 0. The van der Waals surface area contributed by atoms with Gasteiger partial charge in [-0.3, -0.25) is 0 Å². The van der Waals surface area contributed by atoms with Crippen LogP contribution in [-0.2, 0) is 0 Å². The highest BCUT2D eigenvalue weighted by molar-refractivity contribution is 5.51. The summed E-state index contributed by atoms with van der Waals surface area (Å²) in [6, 6.07) is 10.5. The number of aromatic nitrogens is 4. The predicted octanol–water partition coefficient (Wildman–Crippen LogP) is 0.667. The normalized spacial score (nSPS) is 9.82. The lowest BCUT2D eigenvalue weighted by atomic mass is 10.2. The second kappa shape index (κ2) is 2.49. The van der Waals surface area contributed by atoms with Crippen LogP contribution in [0.15, 0.2) is 24.3 Å². The molecule has 2 aromatic rings. The van der Waals surface area contributed by atoms with Crippen LogP contribution in [-0.4, -0.2) is 20.6 Å². The number of nitrogens with one attached hydrogen (secondary N) is 1. The van der Waals surface area contributed by atoms with Crippen molar-refractivity contribution in [2.75, 3.05) is 0 Å². The van der Waals surface area contributed by atoms with Gasteiger partial charge in [-0.15, -0.1) is 10.2 Å². The molecule has 4 heteroatoms. The number of H-pyrrole nitrogens is 1. The molecule has 0 fully saturated rings. The zero-order chi connectivity index (χ0) is 7.52. The maximum absolute atomic E-state index is 3.81. The number of hydrogen-bond donors (Lipinski definition) is 1. The number of rotatable bonds is 1. The van der Waals surface area contributed by atoms with E-state index in [-0.39, 0.29) is 0 Å². The van der Waals surface area contributed by atoms with Crippen molar-refractivity contribution in [3.8, 4) is 11.4 Å². The average molecular weight is 145 g/mol. The van der Waals surface area contributed by atoms with Crippen LogP contribution in [0.25, 0.3) is 11.4 Å². The second-order valence-electron chi connectivity index (χ2n) is 2.01. The molecule has 1 N–H and O–H groups in total. The third kappa shape index (κ3) is 1.10. The summed E-state index contributed by atoms with van der Waals surface area (Å²) in [7, 11) is 0. The van der Waals surface area contributed by atoms with Crippen LogP contribution in [0.4, 0.5) is 0 Å². The first-order valence-electron chi connectivity index (χ1n) is 3.17. The van der Waals surface area contributed by atoms with Gasteiger partial charge < -0.3 is 0 Å². The van der Waals surface area contributed by atoms with Crippen molar-refractivity contribution in [3.05, 3.63) is 30.3 Å². The molecule has 0 bridgehead atoms. The first-order valence-corrected chi connectivity index (χ1v) is 3.17. The van der Waals surface area contributed by atoms with E-state index in [1.165, 1.54) is 0 Å². The Balaban J connectivity index is 2.46. The quantitative estimate of drug-likeness (QED) is 0.641.